The van der Waals surface area contributed by atoms with Crippen molar-refractivity contribution < 1.29 is 101 Å². The van der Waals surface area contributed by atoms with Crippen molar-refractivity contribution in [3.8, 4) is 11.5 Å². The van der Waals surface area contributed by atoms with Crippen LogP contribution in [-0.2, 0) is 70.8 Å². The van der Waals surface area contributed by atoms with Crippen molar-refractivity contribution in [2.24, 2.45) is 40.9 Å². The molecule has 14 N–H and O–H groups in total. The topological polar surface area (TPSA) is 580 Å². The fraction of sp³-hybridized carbons (Fsp3) is 0.0833. The molecule has 0 fully saturated rings. The first-order chi connectivity index (χ1) is 42.2. The van der Waals surface area contributed by atoms with Crippen LogP contribution in [0.25, 0.3) is 21.5 Å². The van der Waals surface area contributed by atoms with Crippen molar-refractivity contribution in [2.75, 3.05) is 50.1 Å². The zero-order valence-corrected chi connectivity index (χ0v) is 50.8. The number of phenols is 2. The predicted molar refractivity (Wildman–Crippen MR) is 327 cm³/mol. The second-order valence-electron chi connectivity index (χ2n) is 18.6. The summed E-state index contributed by atoms with van der Waals surface area (Å²) in [6.45, 7) is 0. The average Bonchev–Trinajstić information content (AvgIpc) is 0.822. The quantitative estimate of drug-likeness (QED) is 0.0187. The van der Waals surface area contributed by atoms with Gasteiger partial charge in [-0.2, -0.15) is 79.4 Å². The molecule has 0 aliphatic carbocycles. The zero-order valence-electron chi connectivity index (χ0n) is 45.1. The number of phenolic OH excluding ortho intramolecular Hbond substituents is 2. The molecule has 0 saturated carbocycles. The summed E-state index contributed by atoms with van der Waals surface area (Å²) in [6.07, 6.45) is 0. The Balaban J connectivity index is 1.03. The van der Waals surface area contributed by atoms with Crippen molar-refractivity contribution in [3.05, 3.63) is 127 Å². The maximum absolute atomic E-state index is 12.7. The Hall–Kier alpha value is -9.35. The van der Waals surface area contributed by atoms with Crippen LogP contribution in [0.15, 0.2) is 183 Å². The van der Waals surface area contributed by atoms with Gasteiger partial charge in [0.1, 0.15) is 60.9 Å². The van der Waals surface area contributed by atoms with E-state index < -0.39 is 132 Å². The Labute approximate surface area is 514 Å². The molecule has 0 radical (unpaired) electrons. The maximum Gasteiger partial charge on any atom is 0.296 e. The normalized spacial score (nSPS) is 13.0. The largest absolute Gasteiger partial charge is 0.505 e. The lowest BCUT2D eigenvalue weighted by Crippen LogP contribution is -2.14. The number of azo groups is 4. The third-order valence-electron chi connectivity index (χ3n) is 11.9. The van der Waals surface area contributed by atoms with Crippen LogP contribution in [0.1, 0.15) is 0 Å². The van der Waals surface area contributed by atoms with Gasteiger partial charge in [0, 0.05) is 27.8 Å². The number of hydrogen-bond acceptors (Lipinski definition) is 29. The Morgan fingerprint density at radius 1 is 0.308 bits per heavy atom. The molecule has 0 atom stereocenters. The number of hydrogen-bond donors (Lipinski definition) is 14. The molecule has 8 aromatic carbocycles. The van der Waals surface area contributed by atoms with Gasteiger partial charge in [0.15, 0.2) is 11.5 Å². The van der Waals surface area contributed by atoms with Crippen molar-refractivity contribution in [1.82, 2.24) is 0 Å². The van der Waals surface area contributed by atoms with E-state index >= 15 is 0 Å². The number of nitrogens with one attached hydrogen (secondary N) is 5. The highest BCUT2D eigenvalue weighted by molar-refractivity contribution is 7.87. The molecule has 0 spiro atoms. The van der Waals surface area contributed by atoms with Crippen LogP contribution in [0.3, 0.4) is 0 Å². The van der Waals surface area contributed by atoms with Gasteiger partial charge < -0.3 is 36.8 Å². The monoisotopic (exact) mass is 1390 g/mol. The Kier molecular flexibility index (Phi) is 19.5. The maximum atomic E-state index is 12.7. The van der Waals surface area contributed by atoms with E-state index in [4.69, 9.17) is 9.11 Å². The summed E-state index contributed by atoms with van der Waals surface area (Å²) in [6, 6.07) is 25.0. The highest BCUT2D eigenvalue weighted by atomic mass is 32.2. The Bertz CT molecular complexity index is 5220. The predicted octanol–water partition coefficient (Wildman–Crippen LogP) is 9.58. The van der Waals surface area contributed by atoms with Gasteiger partial charge in [0.2, 0.25) is 0 Å². The van der Waals surface area contributed by atoms with E-state index in [1.54, 1.807) is 0 Å². The first kappa shape index (κ1) is 67.6. The van der Waals surface area contributed by atoms with Crippen LogP contribution in [-0.4, -0.2) is 125 Å². The van der Waals surface area contributed by atoms with Crippen LogP contribution >= 0.6 is 0 Å². The zero-order chi connectivity index (χ0) is 66.6. The molecule has 8 aromatic rings. The van der Waals surface area contributed by atoms with E-state index in [9.17, 15) is 91.9 Å². The van der Waals surface area contributed by atoms with E-state index in [2.05, 4.69) is 67.5 Å². The summed E-state index contributed by atoms with van der Waals surface area (Å²) in [4.78, 5) is -2.68. The lowest BCUT2D eigenvalue weighted by molar-refractivity contribution is 0.471. The molecule has 0 bridgehead atoms. The van der Waals surface area contributed by atoms with Gasteiger partial charge in [-0.25, -0.2) is 0 Å². The van der Waals surface area contributed by atoms with Crippen LogP contribution < -0.4 is 26.6 Å². The minimum Gasteiger partial charge on any atom is -0.505 e. The SMILES string of the molecule is O=S(=O)(O)CNc1ccc(N=Nc2ccc3cc(S(=O)(=O)O)c(N=Nc4ccc(Nc5ccc(N=Nc6c(S(=O)(=O)O)cc7ccc(N=Nc8ccc(NCS(=O)(=O)O)cc8NCS(=O)(=O)O)cc7c6O)cc5S(=O)(=O)O)cc4)c(O)c3c2)c(NCS(=O)(=O)O)c1. The molecule has 0 saturated heterocycles. The van der Waals surface area contributed by atoms with Crippen LogP contribution in [0.4, 0.5) is 79.6 Å². The second kappa shape index (κ2) is 26.2. The summed E-state index contributed by atoms with van der Waals surface area (Å²) < 4.78 is 234. The van der Waals surface area contributed by atoms with Crippen molar-refractivity contribution in [1.29, 1.82) is 0 Å². The van der Waals surface area contributed by atoms with E-state index in [0.717, 1.165) is 30.3 Å². The molecule has 36 nitrogen and oxygen atoms in total. The first-order valence-corrected chi connectivity index (χ1v) is 35.3. The third-order valence-corrected chi connectivity index (χ3v) is 16.6. The van der Waals surface area contributed by atoms with Crippen LogP contribution in [0.5, 0.6) is 11.5 Å². The highest BCUT2D eigenvalue weighted by Gasteiger charge is 2.25. The van der Waals surface area contributed by atoms with Gasteiger partial charge in [0.25, 0.3) is 70.8 Å². The van der Waals surface area contributed by atoms with E-state index in [1.807, 2.05) is 0 Å². The number of benzene rings is 8. The van der Waals surface area contributed by atoms with Gasteiger partial charge in [-0.3, -0.25) is 31.9 Å². The summed E-state index contributed by atoms with van der Waals surface area (Å²) in [5.41, 5.74) is -2.51. The van der Waals surface area contributed by atoms with Crippen molar-refractivity contribution >= 4 is 172 Å². The Morgan fingerprint density at radius 3 is 1.04 bits per heavy atom. The molecule has 0 aliphatic heterocycles. The summed E-state index contributed by atoms with van der Waals surface area (Å²) in [5.74, 6) is -5.64. The number of aromatic hydroxyl groups is 2. The van der Waals surface area contributed by atoms with Crippen molar-refractivity contribution in [3.63, 3.8) is 0 Å². The average molecular weight is 1390 g/mol. The molecular formula is C48H43N13O23S7. The number of nitrogens with zero attached hydrogens (tertiary/aromatic N) is 8. The molecule has 0 aliphatic rings. The standard InChI is InChI=1S/C48H43N13O23S7/c62-47-35-17-32(55-58-37-12-9-30(49-22-85(64,65)66)19-40(37)51-24-87(70,71)72)3-1-26(35)15-43(90(79,80)81)45(47)60-54-29-7-5-28(6-8-29)53-39-14-11-34(21-42(39)89(76,77)78)57-61-46-44(91(82,83)84)16-27-2-4-33(18-36(27)48(46)63)56-59-38-13-10-31(50-23-86(67,68)69)20-41(38)52-25-88(73,74)75/h1-21,49-53,62-63H,22-25H2,(H,64,65,66)(H,67,68,69)(H,70,71,72)(H,73,74,75)(H,76,77,78)(H,79,80,81)(H,82,83,84). The molecule has 480 valence electrons. The van der Waals surface area contributed by atoms with Crippen LogP contribution in [0, 0.1) is 0 Å². The van der Waals surface area contributed by atoms with Gasteiger partial charge in [-0.1, -0.05) is 12.1 Å². The molecule has 8 rings (SSSR count). The lowest BCUT2D eigenvalue weighted by atomic mass is 10.1. The van der Waals surface area contributed by atoms with Gasteiger partial charge in [-0.05, 0) is 126 Å². The third kappa shape index (κ3) is 18.6. The van der Waals surface area contributed by atoms with Gasteiger partial charge >= 0.3 is 0 Å². The summed E-state index contributed by atoms with van der Waals surface area (Å²) in [7, 11) is -33.6. The summed E-state index contributed by atoms with van der Waals surface area (Å²) in [5, 5.41) is 66.6. The number of anilines is 6. The fourth-order valence-corrected chi connectivity index (χ4v) is 11.3. The van der Waals surface area contributed by atoms with E-state index in [-0.39, 0.29) is 89.8 Å². The molecule has 91 heavy (non-hydrogen) atoms. The lowest BCUT2D eigenvalue weighted by Gasteiger charge is -2.12. The molecule has 43 heteroatoms. The van der Waals surface area contributed by atoms with E-state index in [0.29, 0.717) is 0 Å². The number of rotatable bonds is 25. The minimum atomic E-state index is -5.20. The van der Waals surface area contributed by atoms with Crippen LogP contribution in [0.2, 0.25) is 0 Å². The van der Waals surface area contributed by atoms with Gasteiger partial charge in [-0.15, -0.1) is 20.5 Å². The molecular weight excluding hydrogens is 1350 g/mol. The van der Waals surface area contributed by atoms with E-state index in [1.165, 1.54) is 97.1 Å². The Morgan fingerprint density at radius 2 is 0.648 bits per heavy atom. The van der Waals surface area contributed by atoms with Gasteiger partial charge in [0.05, 0.1) is 39.8 Å². The molecule has 0 aromatic heterocycles. The molecule has 0 amide bonds. The molecule has 0 unspecified atom stereocenters. The second-order valence-corrected chi connectivity index (χ2v) is 28.6. The number of fused-ring (bicyclic) bond motifs is 2. The highest BCUT2D eigenvalue weighted by Crippen LogP contribution is 2.45. The summed E-state index contributed by atoms with van der Waals surface area (Å²) >= 11 is 0. The minimum absolute atomic E-state index is 0.00729. The first-order valence-electron chi connectivity index (χ1n) is 24.5. The fourth-order valence-electron chi connectivity index (χ4n) is 7.90. The molecule has 0 heterocycles. The van der Waals surface area contributed by atoms with Crippen molar-refractivity contribution in [2.45, 2.75) is 14.7 Å². The smallest absolute Gasteiger partial charge is 0.296 e.